The zero-order chi connectivity index (χ0) is 27.5. The minimum atomic E-state index is -2.56. The molecule has 2 aromatic carbocycles. The molecule has 2 aliphatic rings. The van der Waals surface area contributed by atoms with E-state index in [1.807, 2.05) is 6.07 Å². The Balaban J connectivity index is 0.000000304. The number of alkyl halides is 2. The summed E-state index contributed by atoms with van der Waals surface area (Å²) in [4.78, 5) is 25.5. The standard InChI is InChI=1S/C24H32N2O.C7H11F2NO/c1-19-10-11-23(20(2)17-19)25-24(27)18-22-12-15-26(16-13-22)14-6-9-21-7-4-3-5-8-21;8-7(9)3-1-5(2-4-7)6(10)11/h3-5,7-8,10-11,17,22H,6,9,12-16,18H2,1-2H3,(H,25,27);5H,1-4H2,(H2,10,11). The quantitative estimate of drug-likeness (QED) is 0.425. The molecular formula is C31H43F2N3O2. The van der Waals surface area contributed by atoms with Crippen LogP contribution in [0, 0.1) is 25.7 Å². The number of aryl methyl sites for hydroxylation is 3. The lowest BCUT2D eigenvalue weighted by Crippen LogP contribution is -2.35. The summed E-state index contributed by atoms with van der Waals surface area (Å²) in [5.41, 5.74) is 9.71. The number of primary amides is 1. The highest BCUT2D eigenvalue weighted by Gasteiger charge is 2.36. The molecule has 208 valence electrons. The number of amides is 2. The first-order chi connectivity index (χ1) is 18.1. The summed E-state index contributed by atoms with van der Waals surface area (Å²) < 4.78 is 25.0. The van der Waals surface area contributed by atoms with Gasteiger partial charge in [0.1, 0.15) is 0 Å². The highest BCUT2D eigenvalue weighted by molar-refractivity contribution is 5.91. The van der Waals surface area contributed by atoms with E-state index in [0.29, 0.717) is 12.3 Å². The number of nitrogens with two attached hydrogens (primary N) is 1. The van der Waals surface area contributed by atoms with Crippen molar-refractivity contribution in [1.29, 1.82) is 0 Å². The van der Waals surface area contributed by atoms with Gasteiger partial charge < -0.3 is 16.0 Å². The minimum absolute atomic E-state index is 0.157. The fraction of sp³-hybridized carbons (Fsp3) is 0.548. The summed E-state index contributed by atoms with van der Waals surface area (Å²) in [5, 5.41) is 3.10. The molecule has 38 heavy (non-hydrogen) atoms. The SMILES string of the molecule is Cc1ccc(NC(=O)CC2CCN(CCCc3ccccc3)CC2)c(C)c1.NC(=O)C1CCC(F)(F)CC1. The first kappa shape index (κ1) is 29.8. The molecule has 2 amide bonds. The maximum absolute atomic E-state index is 12.5. The van der Waals surface area contributed by atoms with E-state index in [0.717, 1.165) is 50.1 Å². The largest absolute Gasteiger partial charge is 0.369 e. The van der Waals surface area contributed by atoms with Gasteiger partial charge in [0.25, 0.3) is 0 Å². The molecule has 1 saturated carbocycles. The number of rotatable bonds is 8. The van der Waals surface area contributed by atoms with Gasteiger partial charge in [-0.25, -0.2) is 8.78 Å². The van der Waals surface area contributed by atoms with Crippen molar-refractivity contribution in [2.24, 2.45) is 17.6 Å². The van der Waals surface area contributed by atoms with E-state index >= 15 is 0 Å². The number of likely N-dealkylation sites (tertiary alicyclic amines) is 1. The molecule has 1 aliphatic heterocycles. The number of nitrogens with zero attached hydrogens (tertiary/aromatic N) is 1. The molecule has 0 bridgehead atoms. The van der Waals surface area contributed by atoms with Crippen LogP contribution in [0.15, 0.2) is 48.5 Å². The third-order valence-electron chi connectivity index (χ3n) is 7.74. The fourth-order valence-electron chi connectivity index (χ4n) is 5.31. The molecule has 5 nitrogen and oxygen atoms in total. The fourth-order valence-corrected chi connectivity index (χ4v) is 5.31. The van der Waals surface area contributed by atoms with Crippen LogP contribution >= 0.6 is 0 Å². The van der Waals surface area contributed by atoms with Gasteiger partial charge in [0.2, 0.25) is 17.7 Å². The van der Waals surface area contributed by atoms with Gasteiger partial charge in [-0.1, -0.05) is 48.0 Å². The maximum atomic E-state index is 12.5. The zero-order valence-corrected chi connectivity index (χ0v) is 22.9. The number of halogens is 2. The molecule has 0 spiro atoms. The van der Waals surface area contributed by atoms with Crippen LogP contribution in [0.4, 0.5) is 14.5 Å². The van der Waals surface area contributed by atoms with E-state index in [4.69, 9.17) is 5.73 Å². The first-order valence-electron chi connectivity index (χ1n) is 13.9. The Morgan fingerprint density at radius 1 is 1.00 bits per heavy atom. The van der Waals surface area contributed by atoms with Crippen LogP contribution in [0.5, 0.6) is 0 Å². The Labute approximate surface area is 226 Å². The summed E-state index contributed by atoms with van der Waals surface area (Å²) in [5.74, 6) is -2.66. The van der Waals surface area contributed by atoms with Crippen LogP contribution in [0.1, 0.15) is 68.1 Å². The van der Waals surface area contributed by atoms with E-state index in [2.05, 4.69) is 66.5 Å². The molecule has 0 atom stereocenters. The zero-order valence-electron chi connectivity index (χ0n) is 22.9. The summed E-state index contributed by atoms with van der Waals surface area (Å²) in [6.45, 7) is 7.53. The Hall–Kier alpha value is -2.80. The number of anilines is 1. The normalized spacial score (nSPS) is 18.3. The van der Waals surface area contributed by atoms with Crippen molar-refractivity contribution in [3.05, 3.63) is 65.2 Å². The van der Waals surface area contributed by atoms with Crippen LogP contribution in [-0.2, 0) is 16.0 Å². The molecule has 1 aliphatic carbocycles. The molecule has 7 heteroatoms. The molecule has 1 heterocycles. The van der Waals surface area contributed by atoms with Crippen molar-refractivity contribution < 1.29 is 18.4 Å². The molecule has 2 fully saturated rings. The lowest BCUT2D eigenvalue weighted by Gasteiger charge is -2.31. The Bertz CT molecular complexity index is 1030. The van der Waals surface area contributed by atoms with E-state index < -0.39 is 11.8 Å². The van der Waals surface area contributed by atoms with Gasteiger partial charge >= 0.3 is 0 Å². The third-order valence-corrected chi connectivity index (χ3v) is 7.74. The van der Waals surface area contributed by atoms with Crippen molar-refractivity contribution in [3.8, 4) is 0 Å². The average Bonchev–Trinajstić information content (AvgIpc) is 2.88. The summed E-state index contributed by atoms with van der Waals surface area (Å²) >= 11 is 0. The van der Waals surface area contributed by atoms with Gasteiger partial charge in [-0.3, -0.25) is 9.59 Å². The molecule has 0 unspecified atom stereocenters. The van der Waals surface area contributed by atoms with E-state index in [9.17, 15) is 18.4 Å². The number of carbonyl (C=O) groups is 2. The minimum Gasteiger partial charge on any atom is -0.369 e. The second-order valence-electron chi connectivity index (χ2n) is 11.0. The number of benzene rings is 2. The van der Waals surface area contributed by atoms with Gasteiger partial charge in [0.15, 0.2) is 0 Å². The summed E-state index contributed by atoms with van der Waals surface area (Å²) in [6, 6.07) is 16.9. The molecule has 0 radical (unpaired) electrons. The first-order valence-corrected chi connectivity index (χ1v) is 13.9. The van der Waals surface area contributed by atoms with Crippen LogP contribution in [0.2, 0.25) is 0 Å². The van der Waals surface area contributed by atoms with Crippen molar-refractivity contribution in [1.82, 2.24) is 4.90 Å². The van der Waals surface area contributed by atoms with Crippen LogP contribution in [0.3, 0.4) is 0 Å². The summed E-state index contributed by atoms with van der Waals surface area (Å²) in [7, 11) is 0. The van der Waals surface area contributed by atoms with Crippen LogP contribution < -0.4 is 11.1 Å². The van der Waals surface area contributed by atoms with E-state index in [-0.39, 0.29) is 37.5 Å². The third kappa shape index (κ3) is 10.2. The molecule has 4 rings (SSSR count). The Morgan fingerprint density at radius 3 is 2.26 bits per heavy atom. The molecular weight excluding hydrogens is 484 g/mol. The number of nitrogens with one attached hydrogen (secondary N) is 1. The predicted molar refractivity (Wildman–Crippen MR) is 149 cm³/mol. The monoisotopic (exact) mass is 527 g/mol. The predicted octanol–water partition coefficient (Wildman–Crippen LogP) is 6.27. The van der Waals surface area contributed by atoms with Crippen molar-refractivity contribution >= 4 is 17.5 Å². The molecule has 2 aromatic rings. The molecule has 1 saturated heterocycles. The second-order valence-corrected chi connectivity index (χ2v) is 11.0. The smallest absolute Gasteiger partial charge is 0.248 e. The van der Waals surface area contributed by atoms with E-state index in [1.165, 1.54) is 17.5 Å². The topological polar surface area (TPSA) is 75.4 Å². The average molecular weight is 528 g/mol. The molecule has 3 N–H and O–H groups in total. The van der Waals surface area contributed by atoms with Gasteiger partial charge in [0.05, 0.1) is 0 Å². The highest BCUT2D eigenvalue weighted by Crippen LogP contribution is 2.35. The van der Waals surface area contributed by atoms with Crippen LogP contribution in [-0.4, -0.2) is 42.3 Å². The number of hydrogen-bond acceptors (Lipinski definition) is 3. The highest BCUT2D eigenvalue weighted by atomic mass is 19.3. The van der Waals surface area contributed by atoms with E-state index in [1.54, 1.807) is 0 Å². The second kappa shape index (κ2) is 14.4. The van der Waals surface area contributed by atoms with Crippen molar-refractivity contribution in [2.75, 3.05) is 25.0 Å². The Kier molecular flexibility index (Phi) is 11.3. The Morgan fingerprint density at radius 2 is 1.66 bits per heavy atom. The maximum Gasteiger partial charge on any atom is 0.248 e. The van der Waals surface area contributed by atoms with Crippen LogP contribution in [0.25, 0.3) is 0 Å². The number of carbonyl (C=O) groups excluding carboxylic acids is 2. The van der Waals surface area contributed by atoms with Gasteiger partial charge in [0, 0.05) is 30.9 Å². The van der Waals surface area contributed by atoms with Crippen molar-refractivity contribution in [2.45, 2.75) is 77.6 Å². The van der Waals surface area contributed by atoms with Gasteiger partial charge in [-0.2, -0.15) is 0 Å². The number of hydrogen-bond donors (Lipinski definition) is 2. The van der Waals surface area contributed by atoms with Crippen molar-refractivity contribution in [3.63, 3.8) is 0 Å². The number of piperidine rings is 1. The molecule has 0 aromatic heterocycles. The van der Waals surface area contributed by atoms with Gasteiger partial charge in [-0.05, 0) is 95.1 Å². The summed E-state index contributed by atoms with van der Waals surface area (Å²) in [6.07, 6.45) is 5.36. The van der Waals surface area contributed by atoms with Gasteiger partial charge in [-0.15, -0.1) is 0 Å². The lowest BCUT2D eigenvalue weighted by atomic mass is 9.86. The lowest BCUT2D eigenvalue weighted by molar-refractivity contribution is -0.126.